The van der Waals surface area contributed by atoms with Crippen LogP contribution in [0.25, 0.3) is 0 Å². The summed E-state index contributed by atoms with van der Waals surface area (Å²) in [7, 11) is 1.56. The lowest BCUT2D eigenvalue weighted by molar-refractivity contribution is -0.124. The van der Waals surface area contributed by atoms with E-state index in [-0.39, 0.29) is 18.6 Å². The molecule has 1 rings (SSSR count). The summed E-state index contributed by atoms with van der Waals surface area (Å²) >= 11 is 3.21. The van der Waals surface area contributed by atoms with E-state index in [2.05, 4.69) is 21.2 Å². The van der Waals surface area contributed by atoms with Crippen molar-refractivity contribution in [1.29, 1.82) is 0 Å². The van der Waals surface area contributed by atoms with Crippen LogP contribution in [0.5, 0.6) is 5.75 Å². The Morgan fingerprint density at radius 2 is 2.28 bits per heavy atom. The van der Waals surface area contributed by atoms with E-state index in [1.807, 2.05) is 6.92 Å². The van der Waals surface area contributed by atoms with Gasteiger partial charge in [0.05, 0.1) is 11.1 Å². The van der Waals surface area contributed by atoms with Gasteiger partial charge in [0.25, 0.3) is 5.91 Å². The molecule has 6 heteroatoms. The van der Waals surface area contributed by atoms with Gasteiger partial charge < -0.3 is 14.8 Å². The van der Waals surface area contributed by atoms with Crippen LogP contribution in [0.2, 0.25) is 0 Å². The number of amides is 1. The molecule has 1 N–H and O–H groups in total. The van der Waals surface area contributed by atoms with Crippen molar-refractivity contribution in [3.05, 3.63) is 28.5 Å². The Kier molecular flexibility index (Phi) is 6.07. The van der Waals surface area contributed by atoms with E-state index in [0.29, 0.717) is 16.8 Å². The maximum absolute atomic E-state index is 13.0. The van der Waals surface area contributed by atoms with Gasteiger partial charge >= 0.3 is 0 Å². The van der Waals surface area contributed by atoms with Gasteiger partial charge in [-0.15, -0.1) is 0 Å². The second-order valence-corrected chi connectivity index (χ2v) is 4.64. The first-order chi connectivity index (χ1) is 8.52. The van der Waals surface area contributed by atoms with Gasteiger partial charge in [-0.3, -0.25) is 4.79 Å². The molecule has 0 aromatic heterocycles. The normalized spacial score (nSPS) is 12.0. The third-order valence-corrected chi connectivity index (χ3v) is 2.73. The van der Waals surface area contributed by atoms with Gasteiger partial charge in [0, 0.05) is 19.2 Å². The summed E-state index contributed by atoms with van der Waals surface area (Å²) in [6, 6.07) is 3.95. The molecule has 4 nitrogen and oxygen atoms in total. The summed E-state index contributed by atoms with van der Waals surface area (Å²) in [6.45, 7) is 2.07. The zero-order chi connectivity index (χ0) is 13.5. The molecule has 0 spiro atoms. The minimum atomic E-state index is -0.415. The Hall–Kier alpha value is -1.14. The maximum atomic E-state index is 13.0. The Labute approximate surface area is 114 Å². The van der Waals surface area contributed by atoms with Gasteiger partial charge in [-0.2, -0.15) is 0 Å². The van der Waals surface area contributed by atoms with E-state index in [0.717, 1.165) is 0 Å². The molecular formula is C12H15BrFNO3. The van der Waals surface area contributed by atoms with Crippen molar-refractivity contribution in [1.82, 2.24) is 5.32 Å². The number of nitrogens with one attached hydrogen (secondary N) is 1. The van der Waals surface area contributed by atoms with Crippen LogP contribution in [0.3, 0.4) is 0 Å². The first-order valence-corrected chi connectivity index (χ1v) is 6.18. The number of hydrogen-bond acceptors (Lipinski definition) is 3. The smallest absolute Gasteiger partial charge is 0.258 e. The summed E-state index contributed by atoms with van der Waals surface area (Å²) in [5.41, 5.74) is 0. The van der Waals surface area contributed by atoms with Crippen LogP contribution < -0.4 is 10.1 Å². The van der Waals surface area contributed by atoms with Crippen molar-refractivity contribution in [2.75, 3.05) is 20.3 Å². The van der Waals surface area contributed by atoms with Gasteiger partial charge in [-0.1, -0.05) is 0 Å². The van der Waals surface area contributed by atoms with Crippen LogP contribution in [0.4, 0.5) is 4.39 Å². The van der Waals surface area contributed by atoms with Crippen LogP contribution in [-0.2, 0) is 9.53 Å². The quantitative estimate of drug-likeness (QED) is 0.873. The zero-order valence-electron chi connectivity index (χ0n) is 10.2. The Morgan fingerprint density at radius 3 is 2.94 bits per heavy atom. The number of hydrogen-bond donors (Lipinski definition) is 1. The summed E-state index contributed by atoms with van der Waals surface area (Å²) in [5, 5.41) is 2.69. The number of halogens is 2. The third kappa shape index (κ3) is 5.01. The molecule has 0 aliphatic carbocycles. The fraction of sp³-hybridized carbons (Fsp3) is 0.417. The van der Waals surface area contributed by atoms with E-state index in [9.17, 15) is 9.18 Å². The minimum Gasteiger partial charge on any atom is -0.482 e. The molecule has 0 radical (unpaired) electrons. The fourth-order valence-electron chi connectivity index (χ4n) is 1.34. The van der Waals surface area contributed by atoms with E-state index in [4.69, 9.17) is 9.47 Å². The number of carbonyl (C=O) groups is 1. The Bertz CT molecular complexity index is 414. The number of methoxy groups -OCH3 is 1. The monoisotopic (exact) mass is 319 g/mol. The van der Waals surface area contributed by atoms with Gasteiger partial charge in [0.15, 0.2) is 6.61 Å². The molecular weight excluding hydrogens is 305 g/mol. The molecule has 0 aliphatic heterocycles. The molecule has 18 heavy (non-hydrogen) atoms. The lowest BCUT2D eigenvalue weighted by Crippen LogP contribution is -2.38. The predicted molar refractivity (Wildman–Crippen MR) is 69.1 cm³/mol. The van der Waals surface area contributed by atoms with Gasteiger partial charge in [-0.25, -0.2) is 4.39 Å². The molecule has 0 saturated carbocycles. The molecule has 1 unspecified atom stereocenters. The Morgan fingerprint density at radius 1 is 1.56 bits per heavy atom. The standard InChI is InChI=1S/C12H15BrFNO3/c1-8(6-17-2)15-12(16)7-18-11-5-9(14)3-4-10(11)13/h3-5,8H,6-7H2,1-2H3,(H,15,16). The van der Waals surface area contributed by atoms with Crippen LogP contribution in [0.15, 0.2) is 22.7 Å². The zero-order valence-corrected chi connectivity index (χ0v) is 11.8. The average Bonchev–Trinajstić information content (AvgIpc) is 2.30. The highest BCUT2D eigenvalue weighted by Crippen LogP contribution is 2.25. The molecule has 1 amide bonds. The predicted octanol–water partition coefficient (Wildman–Crippen LogP) is 2.12. The second kappa shape index (κ2) is 7.33. The topological polar surface area (TPSA) is 47.6 Å². The highest BCUT2D eigenvalue weighted by molar-refractivity contribution is 9.10. The minimum absolute atomic E-state index is 0.0953. The number of benzene rings is 1. The van der Waals surface area contributed by atoms with E-state index >= 15 is 0 Å². The molecule has 100 valence electrons. The van der Waals surface area contributed by atoms with Gasteiger partial charge in [-0.05, 0) is 35.0 Å². The lowest BCUT2D eigenvalue weighted by Gasteiger charge is -2.13. The molecule has 1 aromatic carbocycles. The third-order valence-electron chi connectivity index (χ3n) is 2.08. The van der Waals surface area contributed by atoms with Gasteiger partial charge in [0.1, 0.15) is 11.6 Å². The molecule has 0 bridgehead atoms. The molecule has 0 heterocycles. The van der Waals surface area contributed by atoms with Crippen LogP contribution in [0, 0.1) is 5.82 Å². The van der Waals surface area contributed by atoms with E-state index in [1.54, 1.807) is 7.11 Å². The van der Waals surface area contributed by atoms with E-state index in [1.165, 1.54) is 18.2 Å². The van der Waals surface area contributed by atoms with Crippen molar-refractivity contribution in [2.24, 2.45) is 0 Å². The van der Waals surface area contributed by atoms with Crippen molar-refractivity contribution in [3.8, 4) is 5.75 Å². The number of rotatable bonds is 6. The molecule has 0 saturated heterocycles. The van der Waals surface area contributed by atoms with Crippen molar-refractivity contribution in [3.63, 3.8) is 0 Å². The average molecular weight is 320 g/mol. The van der Waals surface area contributed by atoms with Crippen LogP contribution >= 0.6 is 15.9 Å². The van der Waals surface area contributed by atoms with Crippen LogP contribution in [0.1, 0.15) is 6.92 Å². The first kappa shape index (κ1) is 14.9. The highest BCUT2D eigenvalue weighted by Gasteiger charge is 2.09. The maximum Gasteiger partial charge on any atom is 0.258 e. The van der Waals surface area contributed by atoms with Crippen molar-refractivity contribution in [2.45, 2.75) is 13.0 Å². The number of ether oxygens (including phenoxy) is 2. The van der Waals surface area contributed by atoms with Crippen molar-refractivity contribution >= 4 is 21.8 Å². The lowest BCUT2D eigenvalue weighted by atomic mass is 10.3. The summed E-state index contributed by atoms with van der Waals surface area (Å²) in [6.07, 6.45) is 0. The SMILES string of the molecule is COCC(C)NC(=O)COc1cc(F)ccc1Br. The number of carbonyl (C=O) groups excluding carboxylic acids is 1. The molecule has 1 aromatic rings. The largest absolute Gasteiger partial charge is 0.482 e. The summed E-state index contributed by atoms with van der Waals surface area (Å²) in [5.74, 6) is -0.401. The summed E-state index contributed by atoms with van der Waals surface area (Å²) < 4.78 is 23.7. The molecule has 1 atom stereocenters. The summed E-state index contributed by atoms with van der Waals surface area (Å²) in [4.78, 5) is 11.5. The second-order valence-electron chi connectivity index (χ2n) is 3.79. The molecule has 0 aliphatic rings. The van der Waals surface area contributed by atoms with Gasteiger partial charge in [0.2, 0.25) is 0 Å². The van der Waals surface area contributed by atoms with Crippen LogP contribution in [-0.4, -0.2) is 32.3 Å². The highest BCUT2D eigenvalue weighted by atomic mass is 79.9. The first-order valence-electron chi connectivity index (χ1n) is 5.39. The van der Waals surface area contributed by atoms with E-state index < -0.39 is 5.82 Å². The van der Waals surface area contributed by atoms with Crippen molar-refractivity contribution < 1.29 is 18.7 Å². The molecule has 0 fully saturated rings. The Balaban J connectivity index is 2.45. The fourth-order valence-corrected chi connectivity index (χ4v) is 1.70.